The van der Waals surface area contributed by atoms with Crippen LogP contribution in [-0.2, 0) is 4.79 Å². The van der Waals surface area contributed by atoms with E-state index < -0.39 is 0 Å². The van der Waals surface area contributed by atoms with Crippen LogP contribution in [-0.4, -0.2) is 12.4 Å². The monoisotopic (exact) mass is 434 g/mol. The summed E-state index contributed by atoms with van der Waals surface area (Å²) in [6.45, 7) is 5.28. The van der Waals surface area contributed by atoms with Crippen molar-refractivity contribution in [3.05, 3.63) is 54.1 Å². The number of unbranched alkanes of at least 4 members (excludes halogenated alkanes) is 6. The molecule has 2 aromatic rings. The van der Waals surface area contributed by atoms with Crippen LogP contribution < -0.4 is 4.74 Å². The first-order chi connectivity index (χ1) is 15.7. The van der Waals surface area contributed by atoms with Gasteiger partial charge in [0.2, 0.25) is 0 Å². The first kappa shape index (κ1) is 24.6. The molecule has 2 atom stereocenters. The highest BCUT2D eigenvalue weighted by Crippen LogP contribution is 2.36. The molecule has 1 aliphatic carbocycles. The largest absolute Gasteiger partial charge is 0.494 e. The van der Waals surface area contributed by atoms with E-state index >= 15 is 0 Å². The van der Waals surface area contributed by atoms with Crippen LogP contribution in [0.25, 0.3) is 11.1 Å². The summed E-state index contributed by atoms with van der Waals surface area (Å²) in [6, 6.07) is 17.1. The van der Waals surface area contributed by atoms with Crippen LogP contribution >= 0.6 is 0 Å². The van der Waals surface area contributed by atoms with E-state index in [0.717, 1.165) is 31.6 Å². The Balaban J connectivity index is 1.48. The number of ketones is 1. The van der Waals surface area contributed by atoms with Crippen LogP contribution in [0, 0.1) is 5.92 Å². The zero-order chi connectivity index (χ0) is 22.6. The minimum atomic E-state index is 0.0968. The minimum Gasteiger partial charge on any atom is -0.494 e. The van der Waals surface area contributed by atoms with Gasteiger partial charge in [-0.3, -0.25) is 4.79 Å². The Bertz CT molecular complexity index is 791. The molecule has 0 bridgehead atoms. The maximum absolute atomic E-state index is 12.8. The van der Waals surface area contributed by atoms with Crippen molar-refractivity contribution in [1.29, 1.82) is 0 Å². The second kappa shape index (κ2) is 13.5. The summed E-state index contributed by atoms with van der Waals surface area (Å²) in [7, 11) is 0. The average Bonchev–Trinajstić information content (AvgIpc) is 2.82. The molecule has 0 spiro atoms. The van der Waals surface area contributed by atoms with Crippen LogP contribution in [0.2, 0.25) is 0 Å². The van der Waals surface area contributed by atoms with Crippen LogP contribution in [0.3, 0.4) is 0 Å². The fourth-order valence-corrected chi connectivity index (χ4v) is 4.92. The molecule has 0 saturated heterocycles. The zero-order valence-corrected chi connectivity index (χ0v) is 20.3. The van der Waals surface area contributed by atoms with Crippen molar-refractivity contribution in [2.75, 3.05) is 6.61 Å². The molecule has 1 fully saturated rings. The molecule has 2 aromatic carbocycles. The lowest BCUT2D eigenvalue weighted by atomic mass is 9.76. The second-order valence-electron chi connectivity index (χ2n) is 9.57. The third kappa shape index (κ3) is 7.50. The zero-order valence-electron chi connectivity index (χ0n) is 20.3. The molecule has 1 saturated carbocycles. The quantitative estimate of drug-likeness (QED) is 0.295. The average molecular weight is 435 g/mol. The van der Waals surface area contributed by atoms with Gasteiger partial charge in [-0.05, 0) is 54.0 Å². The number of rotatable bonds is 13. The van der Waals surface area contributed by atoms with Gasteiger partial charge in [-0.15, -0.1) is 0 Å². The standard InChI is InChI=1S/C30H42O2/c1-3-5-7-8-10-22-32-28-19-17-26(18-20-28)25-13-15-27(16-14-25)29-21-12-24(23-30(29)31)11-9-6-4-2/h13-20,24,29H,3-12,21-23H2,1-2H3/t24-,29+/m0/s1. The lowest BCUT2D eigenvalue weighted by Gasteiger charge is -2.27. The Labute approximate surface area is 195 Å². The van der Waals surface area contributed by atoms with Crippen molar-refractivity contribution in [3.8, 4) is 16.9 Å². The van der Waals surface area contributed by atoms with Crippen LogP contribution in [0.15, 0.2) is 48.5 Å². The fourth-order valence-electron chi connectivity index (χ4n) is 4.92. The van der Waals surface area contributed by atoms with Gasteiger partial charge in [0, 0.05) is 12.3 Å². The highest BCUT2D eigenvalue weighted by molar-refractivity contribution is 5.86. The number of carbonyl (C=O) groups excluding carboxylic acids is 1. The maximum Gasteiger partial charge on any atom is 0.140 e. The van der Waals surface area contributed by atoms with E-state index in [0.29, 0.717) is 11.7 Å². The van der Waals surface area contributed by atoms with Crippen molar-refractivity contribution in [3.63, 3.8) is 0 Å². The van der Waals surface area contributed by atoms with Crippen molar-refractivity contribution >= 4 is 5.78 Å². The Morgan fingerprint density at radius 3 is 2.03 bits per heavy atom. The number of benzene rings is 2. The van der Waals surface area contributed by atoms with Crippen LogP contribution in [0.1, 0.15) is 102 Å². The number of hydrogen-bond acceptors (Lipinski definition) is 2. The van der Waals surface area contributed by atoms with E-state index in [1.165, 1.54) is 74.5 Å². The lowest BCUT2D eigenvalue weighted by molar-refractivity contribution is -0.123. The smallest absolute Gasteiger partial charge is 0.140 e. The number of carbonyl (C=O) groups is 1. The summed E-state index contributed by atoms with van der Waals surface area (Å²) in [6.07, 6.45) is 14.3. The van der Waals surface area contributed by atoms with Crippen molar-refractivity contribution in [1.82, 2.24) is 0 Å². The molecule has 1 aliphatic rings. The molecule has 174 valence electrons. The molecule has 32 heavy (non-hydrogen) atoms. The first-order valence-electron chi connectivity index (χ1n) is 13.1. The predicted octanol–water partition coefficient (Wildman–Crippen LogP) is 8.74. The van der Waals surface area contributed by atoms with Crippen molar-refractivity contribution in [2.45, 2.75) is 96.8 Å². The third-order valence-corrected chi connectivity index (χ3v) is 6.98. The first-order valence-corrected chi connectivity index (χ1v) is 13.1. The Morgan fingerprint density at radius 2 is 1.38 bits per heavy atom. The van der Waals surface area contributed by atoms with E-state index in [9.17, 15) is 4.79 Å². The van der Waals surface area contributed by atoms with E-state index in [1.54, 1.807) is 0 Å². The van der Waals surface area contributed by atoms with Crippen LogP contribution in [0.4, 0.5) is 0 Å². The molecular weight excluding hydrogens is 392 g/mol. The van der Waals surface area contributed by atoms with Gasteiger partial charge in [0.25, 0.3) is 0 Å². The van der Waals surface area contributed by atoms with Gasteiger partial charge >= 0.3 is 0 Å². The maximum atomic E-state index is 12.8. The van der Waals surface area contributed by atoms with Crippen molar-refractivity contribution < 1.29 is 9.53 Å². The Kier molecular flexibility index (Phi) is 10.3. The van der Waals surface area contributed by atoms with E-state index in [1.807, 2.05) is 0 Å². The molecule has 0 heterocycles. The number of Topliss-reactive ketones (excluding diaryl/α,β-unsaturated/α-hetero) is 1. The van der Waals surface area contributed by atoms with Gasteiger partial charge in [-0.1, -0.05) is 102 Å². The molecule has 0 N–H and O–H groups in total. The van der Waals surface area contributed by atoms with Gasteiger partial charge in [-0.25, -0.2) is 0 Å². The minimum absolute atomic E-state index is 0.0968. The molecule has 0 radical (unpaired) electrons. The summed E-state index contributed by atoms with van der Waals surface area (Å²) in [5.74, 6) is 2.10. The molecule has 0 aliphatic heterocycles. The van der Waals surface area contributed by atoms with Gasteiger partial charge in [0.15, 0.2) is 0 Å². The summed E-state index contributed by atoms with van der Waals surface area (Å²) in [5, 5.41) is 0. The van der Waals surface area contributed by atoms with Gasteiger partial charge in [-0.2, -0.15) is 0 Å². The molecular formula is C30H42O2. The van der Waals surface area contributed by atoms with Crippen molar-refractivity contribution in [2.24, 2.45) is 5.92 Å². The molecule has 2 nitrogen and oxygen atoms in total. The van der Waals surface area contributed by atoms with E-state index in [-0.39, 0.29) is 5.92 Å². The van der Waals surface area contributed by atoms with Gasteiger partial charge in [0.05, 0.1) is 6.61 Å². The fraction of sp³-hybridized carbons (Fsp3) is 0.567. The normalized spacial score (nSPS) is 18.6. The lowest BCUT2D eigenvalue weighted by Crippen LogP contribution is -2.23. The van der Waals surface area contributed by atoms with Gasteiger partial charge in [0.1, 0.15) is 11.5 Å². The molecule has 0 aromatic heterocycles. The highest BCUT2D eigenvalue weighted by Gasteiger charge is 2.29. The Morgan fingerprint density at radius 1 is 0.750 bits per heavy atom. The van der Waals surface area contributed by atoms with E-state index in [4.69, 9.17) is 4.74 Å². The summed E-state index contributed by atoms with van der Waals surface area (Å²) < 4.78 is 5.89. The summed E-state index contributed by atoms with van der Waals surface area (Å²) >= 11 is 0. The Hall–Kier alpha value is -2.09. The van der Waals surface area contributed by atoms with Crippen LogP contribution in [0.5, 0.6) is 5.75 Å². The number of hydrogen-bond donors (Lipinski definition) is 0. The SMILES string of the molecule is CCCCCCCOc1ccc(-c2ccc([C@H]3CC[C@H](CCCCC)CC3=O)cc2)cc1. The number of ether oxygens (including phenoxy) is 1. The second-order valence-corrected chi connectivity index (χ2v) is 9.57. The molecule has 3 rings (SSSR count). The summed E-state index contributed by atoms with van der Waals surface area (Å²) in [4.78, 5) is 12.8. The third-order valence-electron chi connectivity index (χ3n) is 6.98. The summed E-state index contributed by atoms with van der Waals surface area (Å²) in [5.41, 5.74) is 3.58. The van der Waals surface area contributed by atoms with E-state index in [2.05, 4.69) is 62.4 Å². The molecule has 2 heteroatoms. The topological polar surface area (TPSA) is 26.3 Å². The predicted molar refractivity (Wildman–Crippen MR) is 135 cm³/mol. The molecule has 0 amide bonds. The highest BCUT2D eigenvalue weighted by atomic mass is 16.5. The van der Waals surface area contributed by atoms with Gasteiger partial charge < -0.3 is 4.74 Å². The molecule has 0 unspecified atom stereocenters.